The summed E-state index contributed by atoms with van der Waals surface area (Å²) in [4.78, 5) is 11.7. The Labute approximate surface area is 105 Å². The molecule has 3 rings (SSSR count). The molecule has 1 aliphatic carbocycles. The van der Waals surface area contributed by atoms with Crippen LogP contribution in [0.5, 0.6) is 0 Å². The lowest BCUT2D eigenvalue weighted by Crippen LogP contribution is -2.26. The fourth-order valence-corrected chi connectivity index (χ4v) is 4.72. The number of nitrogens with zero attached hydrogens (tertiary/aromatic N) is 1. The SMILES string of the molecule is O=[N+]([O-])c1cccc2c1SC1(CCCCC1)C2. The molecule has 0 aromatic heterocycles. The second-order valence-corrected chi connectivity index (χ2v) is 6.52. The van der Waals surface area contributed by atoms with Gasteiger partial charge in [0, 0.05) is 10.8 Å². The summed E-state index contributed by atoms with van der Waals surface area (Å²) < 4.78 is 0.271. The number of hydrogen-bond donors (Lipinski definition) is 0. The van der Waals surface area contributed by atoms with Gasteiger partial charge in [0.15, 0.2) is 0 Å². The Bertz CT molecular complexity index is 466. The van der Waals surface area contributed by atoms with E-state index >= 15 is 0 Å². The highest BCUT2D eigenvalue weighted by molar-refractivity contribution is 8.01. The van der Waals surface area contributed by atoms with E-state index in [4.69, 9.17) is 0 Å². The number of rotatable bonds is 1. The van der Waals surface area contributed by atoms with Gasteiger partial charge in [-0.3, -0.25) is 10.1 Å². The van der Waals surface area contributed by atoms with Gasteiger partial charge in [0.1, 0.15) is 0 Å². The molecule has 1 aliphatic heterocycles. The topological polar surface area (TPSA) is 43.1 Å². The first kappa shape index (κ1) is 11.1. The second kappa shape index (κ2) is 4.02. The molecule has 0 amide bonds. The summed E-state index contributed by atoms with van der Waals surface area (Å²) in [5.74, 6) is 0. The van der Waals surface area contributed by atoms with Gasteiger partial charge in [-0.15, -0.1) is 11.8 Å². The summed E-state index contributed by atoms with van der Waals surface area (Å²) in [5, 5.41) is 11.0. The Hall–Kier alpha value is -1.03. The molecule has 0 atom stereocenters. The van der Waals surface area contributed by atoms with Gasteiger partial charge >= 0.3 is 0 Å². The summed E-state index contributed by atoms with van der Waals surface area (Å²) in [6.45, 7) is 0. The maximum absolute atomic E-state index is 11.0. The summed E-state index contributed by atoms with van der Waals surface area (Å²) in [7, 11) is 0. The zero-order valence-electron chi connectivity index (χ0n) is 9.65. The third-order valence-electron chi connectivity index (χ3n) is 3.87. The average molecular weight is 249 g/mol. The third-order valence-corrected chi connectivity index (χ3v) is 5.53. The van der Waals surface area contributed by atoms with Crippen molar-refractivity contribution in [3.8, 4) is 0 Å². The van der Waals surface area contributed by atoms with E-state index in [2.05, 4.69) is 6.07 Å². The molecule has 2 aliphatic rings. The highest BCUT2D eigenvalue weighted by Gasteiger charge is 2.41. The van der Waals surface area contributed by atoms with Crippen LogP contribution in [0, 0.1) is 10.1 Å². The predicted molar refractivity (Wildman–Crippen MR) is 68.5 cm³/mol. The van der Waals surface area contributed by atoms with Crippen molar-refractivity contribution in [3.05, 3.63) is 33.9 Å². The fraction of sp³-hybridized carbons (Fsp3) is 0.538. The van der Waals surface area contributed by atoms with Gasteiger partial charge in [0.05, 0.1) is 9.82 Å². The highest BCUT2D eigenvalue weighted by Crippen LogP contribution is 2.54. The normalized spacial score (nSPS) is 21.4. The number of nitro groups is 1. The van der Waals surface area contributed by atoms with Crippen molar-refractivity contribution in [2.24, 2.45) is 0 Å². The molecule has 0 saturated heterocycles. The predicted octanol–water partition coefficient (Wildman–Crippen LogP) is 3.95. The Morgan fingerprint density at radius 2 is 2.00 bits per heavy atom. The van der Waals surface area contributed by atoms with Gasteiger partial charge in [-0.2, -0.15) is 0 Å². The molecular weight excluding hydrogens is 234 g/mol. The molecule has 90 valence electrons. The summed E-state index contributed by atoms with van der Waals surface area (Å²) in [6, 6.07) is 5.51. The average Bonchev–Trinajstić information content (AvgIpc) is 2.66. The van der Waals surface area contributed by atoms with Gasteiger partial charge < -0.3 is 0 Å². The Kier molecular flexibility index (Phi) is 2.62. The lowest BCUT2D eigenvalue weighted by Gasteiger charge is -2.31. The van der Waals surface area contributed by atoms with Crippen LogP contribution in [0.4, 0.5) is 5.69 Å². The molecule has 1 fully saturated rings. The first-order chi connectivity index (χ1) is 8.20. The Morgan fingerprint density at radius 3 is 2.71 bits per heavy atom. The molecule has 1 heterocycles. The van der Waals surface area contributed by atoms with E-state index < -0.39 is 0 Å². The van der Waals surface area contributed by atoms with Crippen LogP contribution in [-0.4, -0.2) is 9.67 Å². The van der Waals surface area contributed by atoms with Crippen molar-refractivity contribution in [2.45, 2.75) is 48.2 Å². The first-order valence-corrected chi connectivity index (χ1v) is 6.97. The largest absolute Gasteiger partial charge is 0.283 e. The quantitative estimate of drug-likeness (QED) is 0.559. The van der Waals surface area contributed by atoms with Crippen molar-refractivity contribution in [2.75, 3.05) is 0 Å². The summed E-state index contributed by atoms with van der Waals surface area (Å²) in [6.07, 6.45) is 7.31. The van der Waals surface area contributed by atoms with Crippen molar-refractivity contribution in [1.82, 2.24) is 0 Å². The first-order valence-electron chi connectivity index (χ1n) is 6.16. The Morgan fingerprint density at radius 1 is 1.24 bits per heavy atom. The molecule has 0 radical (unpaired) electrons. The molecule has 1 aromatic carbocycles. The zero-order chi connectivity index (χ0) is 11.9. The van der Waals surface area contributed by atoms with E-state index in [9.17, 15) is 10.1 Å². The minimum Gasteiger partial charge on any atom is -0.258 e. The van der Waals surface area contributed by atoms with Gasteiger partial charge in [-0.25, -0.2) is 0 Å². The molecule has 0 N–H and O–H groups in total. The lowest BCUT2D eigenvalue weighted by atomic mass is 9.84. The highest BCUT2D eigenvalue weighted by atomic mass is 32.2. The molecule has 17 heavy (non-hydrogen) atoms. The van der Waals surface area contributed by atoms with Crippen molar-refractivity contribution in [3.63, 3.8) is 0 Å². The molecule has 3 nitrogen and oxygen atoms in total. The van der Waals surface area contributed by atoms with Crippen molar-refractivity contribution < 1.29 is 4.92 Å². The summed E-state index contributed by atoms with van der Waals surface area (Å²) >= 11 is 1.77. The van der Waals surface area contributed by atoms with Crippen molar-refractivity contribution in [1.29, 1.82) is 0 Å². The van der Waals surface area contributed by atoms with E-state index in [0.717, 1.165) is 11.3 Å². The van der Waals surface area contributed by atoms with Gasteiger partial charge in [-0.1, -0.05) is 31.4 Å². The molecule has 1 spiro atoms. The monoisotopic (exact) mass is 249 g/mol. The van der Waals surface area contributed by atoms with Gasteiger partial charge in [0.25, 0.3) is 5.69 Å². The summed E-state index contributed by atoms with van der Waals surface area (Å²) in [5.41, 5.74) is 1.49. The number of fused-ring (bicyclic) bond motifs is 1. The number of benzene rings is 1. The molecule has 0 unspecified atom stereocenters. The molecular formula is C13H15NO2S. The minimum absolute atomic E-state index is 0.242. The molecule has 4 heteroatoms. The van der Waals surface area contributed by atoms with Crippen LogP contribution in [0.25, 0.3) is 0 Å². The van der Waals surface area contributed by atoms with Crippen LogP contribution in [0.2, 0.25) is 0 Å². The van der Waals surface area contributed by atoms with Crippen LogP contribution >= 0.6 is 11.8 Å². The van der Waals surface area contributed by atoms with Crippen LogP contribution in [0.3, 0.4) is 0 Å². The van der Waals surface area contributed by atoms with E-state index in [0.29, 0.717) is 5.69 Å². The minimum atomic E-state index is -0.242. The zero-order valence-corrected chi connectivity index (χ0v) is 10.5. The smallest absolute Gasteiger partial charge is 0.258 e. The molecule has 0 bridgehead atoms. The maximum Gasteiger partial charge on any atom is 0.283 e. The van der Waals surface area contributed by atoms with Crippen LogP contribution < -0.4 is 0 Å². The van der Waals surface area contributed by atoms with E-state index in [1.54, 1.807) is 17.8 Å². The van der Waals surface area contributed by atoms with Gasteiger partial charge in [0.2, 0.25) is 0 Å². The fourth-order valence-electron chi connectivity index (χ4n) is 3.05. The number of thioether (sulfide) groups is 1. The number of nitro benzene ring substituents is 1. The second-order valence-electron chi connectivity index (χ2n) is 5.05. The van der Waals surface area contributed by atoms with Gasteiger partial charge in [-0.05, 0) is 24.8 Å². The third kappa shape index (κ3) is 1.84. The van der Waals surface area contributed by atoms with Crippen LogP contribution in [-0.2, 0) is 6.42 Å². The maximum atomic E-state index is 11.0. The van der Waals surface area contributed by atoms with E-state index in [-0.39, 0.29) is 9.67 Å². The van der Waals surface area contributed by atoms with Crippen LogP contribution in [0.15, 0.2) is 23.1 Å². The van der Waals surface area contributed by atoms with E-state index in [1.165, 1.54) is 37.7 Å². The van der Waals surface area contributed by atoms with E-state index in [1.807, 2.05) is 6.07 Å². The van der Waals surface area contributed by atoms with Crippen molar-refractivity contribution >= 4 is 17.4 Å². The number of hydrogen-bond acceptors (Lipinski definition) is 3. The van der Waals surface area contributed by atoms with Crippen LogP contribution in [0.1, 0.15) is 37.7 Å². The molecule has 1 aromatic rings. The lowest BCUT2D eigenvalue weighted by molar-refractivity contribution is -0.387. The molecule has 1 saturated carbocycles. The standard InChI is InChI=1S/C13H15NO2S/c15-14(16)11-6-4-5-10-9-13(17-12(10)11)7-2-1-3-8-13/h4-6H,1-3,7-9H2. The Balaban J connectivity index is 1.97.